The zero-order valence-corrected chi connectivity index (χ0v) is 16.8. The molecule has 1 saturated heterocycles. The second kappa shape index (κ2) is 8.63. The van der Waals surface area contributed by atoms with Gasteiger partial charge in [0.05, 0.1) is 18.8 Å². The Bertz CT molecular complexity index is 914. The second-order valence-electron chi connectivity index (χ2n) is 6.97. The van der Waals surface area contributed by atoms with Gasteiger partial charge in [0.15, 0.2) is 0 Å². The fraction of sp³-hybridized carbons (Fsp3) is 0.318. The van der Waals surface area contributed by atoms with Gasteiger partial charge in [0, 0.05) is 18.9 Å². The Kier molecular flexibility index (Phi) is 5.78. The molecular formula is C22H25N3O2S. The number of ether oxygens (including phenoxy) is 1. The summed E-state index contributed by atoms with van der Waals surface area (Å²) in [4.78, 5) is 16.1. The Labute approximate surface area is 169 Å². The smallest absolute Gasteiger partial charge is 0.263 e. The summed E-state index contributed by atoms with van der Waals surface area (Å²) in [5.41, 5.74) is 2.10. The Morgan fingerprint density at radius 2 is 1.96 bits per heavy atom. The SMILES string of the molecule is COc1cccc(C(CNC(=O)c2sccc2-n2cccc2)N2CCCC2)c1. The molecule has 1 unspecified atom stereocenters. The van der Waals surface area contributed by atoms with Gasteiger partial charge in [-0.25, -0.2) is 0 Å². The van der Waals surface area contributed by atoms with Gasteiger partial charge >= 0.3 is 0 Å². The Morgan fingerprint density at radius 3 is 2.71 bits per heavy atom. The lowest BCUT2D eigenvalue weighted by atomic mass is 10.0. The number of nitrogens with zero attached hydrogens (tertiary/aromatic N) is 2. The predicted octanol–water partition coefficient (Wildman–Crippen LogP) is 4.11. The molecule has 6 heteroatoms. The van der Waals surface area contributed by atoms with Gasteiger partial charge in [-0.3, -0.25) is 9.69 Å². The van der Waals surface area contributed by atoms with Crippen molar-refractivity contribution in [2.75, 3.05) is 26.7 Å². The molecule has 1 atom stereocenters. The molecule has 0 saturated carbocycles. The summed E-state index contributed by atoms with van der Waals surface area (Å²) in [5.74, 6) is 0.826. The lowest BCUT2D eigenvalue weighted by molar-refractivity contribution is 0.0942. The van der Waals surface area contributed by atoms with Crippen LogP contribution in [0.2, 0.25) is 0 Å². The van der Waals surface area contributed by atoms with E-state index < -0.39 is 0 Å². The average Bonchev–Trinajstić information content (AvgIpc) is 3.50. The van der Waals surface area contributed by atoms with E-state index in [9.17, 15) is 4.79 Å². The highest BCUT2D eigenvalue weighted by atomic mass is 32.1. The third kappa shape index (κ3) is 3.98. The van der Waals surface area contributed by atoms with E-state index in [0.717, 1.165) is 29.4 Å². The van der Waals surface area contributed by atoms with Crippen molar-refractivity contribution >= 4 is 17.2 Å². The second-order valence-corrected chi connectivity index (χ2v) is 7.89. The van der Waals surface area contributed by atoms with E-state index in [-0.39, 0.29) is 11.9 Å². The summed E-state index contributed by atoms with van der Waals surface area (Å²) < 4.78 is 7.38. The van der Waals surface area contributed by atoms with Crippen molar-refractivity contribution in [2.45, 2.75) is 18.9 Å². The van der Waals surface area contributed by atoms with Crippen molar-refractivity contribution in [3.8, 4) is 11.4 Å². The van der Waals surface area contributed by atoms with Gasteiger partial charge in [0.25, 0.3) is 5.91 Å². The quantitative estimate of drug-likeness (QED) is 0.655. The summed E-state index contributed by atoms with van der Waals surface area (Å²) in [6.45, 7) is 2.70. The van der Waals surface area contributed by atoms with Gasteiger partial charge in [-0.05, 0) is 67.2 Å². The number of hydrogen-bond acceptors (Lipinski definition) is 4. The minimum absolute atomic E-state index is 0.0224. The molecular weight excluding hydrogens is 370 g/mol. The predicted molar refractivity (Wildman–Crippen MR) is 113 cm³/mol. The highest BCUT2D eigenvalue weighted by Crippen LogP contribution is 2.28. The number of aromatic nitrogens is 1. The summed E-state index contributed by atoms with van der Waals surface area (Å²) in [6.07, 6.45) is 6.33. The summed E-state index contributed by atoms with van der Waals surface area (Å²) in [6, 6.07) is 14.2. The Balaban J connectivity index is 1.52. The summed E-state index contributed by atoms with van der Waals surface area (Å²) in [7, 11) is 1.69. The van der Waals surface area contributed by atoms with E-state index in [1.807, 2.05) is 52.7 Å². The van der Waals surface area contributed by atoms with E-state index in [2.05, 4.69) is 22.3 Å². The molecule has 28 heavy (non-hydrogen) atoms. The van der Waals surface area contributed by atoms with E-state index in [1.54, 1.807) is 7.11 Å². The van der Waals surface area contributed by atoms with Gasteiger partial charge in [-0.1, -0.05) is 12.1 Å². The molecule has 0 aliphatic carbocycles. The van der Waals surface area contributed by atoms with Gasteiger partial charge < -0.3 is 14.6 Å². The van der Waals surface area contributed by atoms with Crippen molar-refractivity contribution in [3.63, 3.8) is 0 Å². The maximum absolute atomic E-state index is 12.9. The zero-order chi connectivity index (χ0) is 19.3. The van der Waals surface area contributed by atoms with Crippen LogP contribution < -0.4 is 10.1 Å². The minimum Gasteiger partial charge on any atom is -0.497 e. The lowest BCUT2D eigenvalue weighted by Crippen LogP contribution is -2.36. The molecule has 1 aliphatic rings. The fourth-order valence-electron chi connectivity index (χ4n) is 3.80. The average molecular weight is 396 g/mol. The zero-order valence-electron chi connectivity index (χ0n) is 16.0. The van der Waals surface area contributed by atoms with Crippen LogP contribution in [0.4, 0.5) is 0 Å². The molecule has 0 spiro atoms. The summed E-state index contributed by atoms with van der Waals surface area (Å²) >= 11 is 1.48. The van der Waals surface area contributed by atoms with Crippen molar-refractivity contribution in [2.24, 2.45) is 0 Å². The first kappa shape index (κ1) is 18.8. The van der Waals surface area contributed by atoms with Crippen LogP contribution in [0.5, 0.6) is 5.75 Å². The maximum Gasteiger partial charge on any atom is 0.263 e. The van der Waals surface area contributed by atoms with Crippen LogP contribution in [0.1, 0.15) is 34.1 Å². The molecule has 1 aromatic carbocycles. The number of rotatable bonds is 7. The van der Waals surface area contributed by atoms with Crippen LogP contribution in [0.25, 0.3) is 5.69 Å². The number of nitrogens with one attached hydrogen (secondary N) is 1. The van der Waals surface area contributed by atoms with Crippen molar-refractivity contribution in [1.29, 1.82) is 0 Å². The van der Waals surface area contributed by atoms with E-state index in [4.69, 9.17) is 4.74 Å². The van der Waals surface area contributed by atoms with Crippen LogP contribution >= 0.6 is 11.3 Å². The number of thiophene rings is 1. The molecule has 1 aliphatic heterocycles. The minimum atomic E-state index is -0.0224. The van der Waals surface area contributed by atoms with Gasteiger partial charge in [-0.2, -0.15) is 0 Å². The van der Waals surface area contributed by atoms with Crippen molar-refractivity contribution < 1.29 is 9.53 Å². The van der Waals surface area contributed by atoms with Crippen LogP contribution in [-0.2, 0) is 0 Å². The number of carbonyl (C=O) groups excluding carboxylic acids is 1. The fourth-order valence-corrected chi connectivity index (χ4v) is 4.61. The summed E-state index contributed by atoms with van der Waals surface area (Å²) in [5, 5.41) is 5.14. The Morgan fingerprint density at radius 1 is 1.18 bits per heavy atom. The number of hydrogen-bond donors (Lipinski definition) is 1. The molecule has 3 aromatic rings. The number of methoxy groups -OCH3 is 1. The highest BCUT2D eigenvalue weighted by molar-refractivity contribution is 7.12. The molecule has 0 bridgehead atoms. The molecule has 5 nitrogen and oxygen atoms in total. The third-order valence-corrected chi connectivity index (χ3v) is 6.15. The van der Waals surface area contributed by atoms with Crippen LogP contribution in [0.3, 0.4) is 0 Å². The maximum atomic E-state index is 12.9. The molecule has 0 radical (unpaired) electrons. The van der Waals surface area contributed by atoms with E-state index in [1.165, 1.54) is 29.7 Å². The first-order chi connectivity index (χ1) is 13.8. The lowest BCUT2D eigenvalue weighted by Gasteiger charge is -2.28. The van der Waals surface area contributed by atoms with E-state index in [0.29, 0.717) is 6.54 Å². The molecule has 4 rings (SSSR count). The van der Waals surface area contributed by atoms with Gasteiger partial charge in [0.1, 0.15) is 10.6 Å². The normalized spacial score (nSPS) is 15.5. The van der Waals surface area contributed by atoms with Crippen LogP contribution in [-0.4, -0.2) is 42.1 Å². The first-order valence-corrected chi connectivity index (χ1v) is 10.5. The highest BCUT2D eigenvalue weighted by Gasteiger charge is 2.25. The number of likely N-dealkylation sites (tertiary alicyclic amines) is 1. The monoisotopic (exact) mass is 395 g/mol. The van der Waals surface area contributed by atoms with Crippen molar-refractivity contribution in [3.05, 3.63) is 70.7 Å². The molecule has 1 N–H and O–H groups in total. The standard InChI is InChI=1S/C22H25N3O2S/c1-27-18-8-6-7-17(15-18)20(25-12-4-5-13-25)16-23-22(26)21-19(9-14-28-21)24-10-2-3-11-24/h2-3,6-11,14-15,20H,4-5,12-13,16H2,1H3,(H,23,26). The van der Waals surface area contributed by atoms with Crippen LogP contribution in [0, 0.1) is 0 Å². The third-order valence-electron chi connectivity index (χ3n) is 5.25. The molecule has 2 aromatic heterocycles. The topological polar surface area (TPSA) is 46.5 Å². The van der Waals surface area contributed by atoms with Gasteiger partial charge in [0.2, 0.25) is 0 Å². The van der Waals surface area contributed by atoms with Gasteiger partial charge in [-0.15, -0.1) is 11.3 Å². The first-order valence-electron chi connectivity index (χ1n) is 9.63. The number of benzene rings is 1. The Hall–Kier alpha value is -2.57. The van der Waals surface area contributed by atoms with Crippen molar-refractivity contribution in [1.82, 2.24) is 14.8 Å². The molecule has 1 amide bonds. The number of amides is 1. The van der Waals surface area contributed by atoms with Crippen LogP contribution in [0.15, 0.2) is 60.2 Å². The van der Waals surface area contributed by atoms with E-state index >= 15 is 0 Å². The molecule has 3 heterocycles. The number of carbonyl (C=O) groups is 1. The molecule has 146 valence electrons. The molecule has 1 fully saturated rings. The largest absolute Gasteiger partial charge is 0.497 e.